The molecule has 0 aromatic heterocycles. The molecule has 202 valence electrons. The van der Waals surface area contributed by atoms with E-state index in [1.165, 1.54) is 28.6 Å². The monoisotopic (exact) mass is 546 g/mol. The second-order valence-electron chi connectivity index (χ2n) is 10.3. The molecule has 0 saturated heterocycles. The maximum Gasteiger partial charge on any atom is 0.416 e. The molecule has 1 aliphatic heterocycles. The molecule has 4 rings (SSSR count). The van der Waals surface area contributed by atoms with Gasteiger partial charge in [-0.1, -0.05) is 56.7 Å². The van der Waals surface area contributed by atoms with E-state index in [0.29, 0.717) is 5.69 Å². The van der Waals surface area contributed by atoms with Crippen LogP contribution >= 0.6 is 0 Å². The van der Waals surface area contributed by atoms with Crippen molar-refractivity contribution in [3.8, 4) is 5.75 Å². The van der Waals surface area contributed by atoms with E-state index in [1.54, 1.807) is 24.3 Å². The van der Waals surface area contributed by atoms with Crippen LogP contribution in [0.5, 0.6) is 5.75 Å². The number of fused-ring (bicyclic) bond motifs is 1. The van der Waals surface area contributed by atoms with Gasteiger partial charge in [-0.05, 0) is 59.9 Å². The molecule has 1 unspecified atom stereocenters. The fourth-order valence-corrected chi connectivity index (χ4v) is 5.55. The molecule has 1 N–H and O–H groups in total. The van der Waals surface area contributed by atoms with Crippen molar-refractivity contribution in [2.75, 3.05) is 10.8 Å². The fourth-order valence-electron chi connectivity index (χ4n) is 4.08. The standard InChI is InChI=1S/C28H29F3N2O4S/c1-18-8-11-22(12-9-18)38(35,36)33-17-25(37-24-13-10-20(15-23(24)33)27(2,3)4)26(34)32-16-19-6-5-7-21(14-19)28(29,30)31/h5-15,25H,16-17H2,1-4H3,(H,32,34). The third kappa shape index (κ3) is 5.80. The number of nitrogens with one attached hydrogen (secondary N) is 1. The third-order valence-corrected chi connectivity index (χ3v) is 8.11. The molecule has 1 aliphatic rings. The Morgan fingerprint density at radius 3 is 2.32 bits per heavy atom. The summed E-state index contributed by atoms with van der Waals surface area (Å²) >= 11 is 0. The molecule has 0 radical (unpaired) electrons. The number of amides is 1. The van der Waals surface area contributed by atoms with E-state index in [-0.39, 0.29) is 34.7 Å². The topological polar surface area (TPSA) is 75.7 Å². The molecule has 0 bridgehead atoms. The number of rotatable bonds is 5. The third-order valence-electron chi connectivity index (χ3n) is 6.32. The van der Waals surface area contributed by atoms with E-state index in [1.807, 2.05) is 33.8 Å². The van der Waals surface area contributed by atoms with Crippen LogP contribution in [0.15, 0.2) is 71.6 Å². The molecule has 3 aromatic carbocycles. The van der Waals surface area contributed by atoms with Gasteiger partial charge in [-0.25, -0.2) is 8.42 Å². The predicted molar refractivity (Wildman–Crippen MR) is 139 cm³/mol. The summed E-state index contributed by atoms with van der Waals surface area (Å²) in [4.78, 5) is 13.1. The summed E-state index contributed by atoms with van der Waals surface area (Å²) in [6, 6.07) is 16.3. The van der Waals surface area contributed by atoms with Crippen LogP contribution in [-0.4, -0.2) is 27.0 Å². The van der Waals surface area contributed by atoms with Gasteiger partial charge in [0.05, 0.1) is 22.7 Å². The van der Waals surface area contributed by atoms with Crippen molar-refractivity contribution in [3.05, 3.63) is 89.0 Å². The van der Waals surface area contributed by atoms with Gasteiger partial charge in [0.25, 0.3) is 15.9 Å². The Kier molecular flexibility index (Phi) is 7.22. The van der Waals surface area contributed by atoms with Crippen LogP contribution in [0, 0.1) is 6.92 Å². The van der Waals surface area contributed by atoms with E-state index in [4.69, 9.17) is 4.74 Å². The maximum atomic E-state index is 13.7. The van der Waals surface area contributed by atoms with Gasteiger partial charge in [0, 0.05) is 6.54 Å². The van der Waals surface area contributed by atoms with E-state index < -0.39 is 33.8 Å². The van der Waals surface area contributed by atoms with Gasteiger partial charge >= 0.3 is 6.18 Å². The van der Waals surface area contributed by atoms with Crippen molar-refractivity contribution in [1.29, 1.82) is 0 Å². The van der Waals surface area contributed by atoms with Gasteiger partial charge in [0.15, 0.2) is 6.10 Å². The SMILES string of the molecule is Cc1ccc(S(=O)(=O)N2CC(C(=O)NCc3cccc(C(F)(F)F)c3)Oc3ccc(C(C)(C)C)cc32)cc1. The second-order valence-corrected chi connectivity index (χ2v) is 12.2. The quantitative estimate of drug-likeness (QED) is 0.453. The highest BCUT2D eigenvalue weighted by molar-refractivity contribution is 7.92. The lowest BCUT2D eigenvalue weighted by atomic mass is 9.86. The van der Waals surface area contributed by atoms with Gasteiger partial charge in [0.1, 0.15) is 5.75 Å². The highest BCUT2D eigenvalue weighted by Crippen LogP contribution is 2.40. The van der Waals surface area contributed by atoms with E-state index >= 15 is 0 Å². The molecular weight excluding hydrogens is 517 g/mol. The average molecular weight is 547 g/mol. The molecule has 0 spiro atoms. The summed E-state index contributed by atoms with van der Waals surface area (Å²) in [5.41, 5.74) is 1.26. The Bertz CT molecular complexity index is 1450. The normalized spacial score (nSPS) is 16.0. The zero-order chi connectivity index (χ0) is 27.9. The number of carbonyl (C=O) groups excluding carboxylic acids is 1. The molecule has 1 atom stereocenters. The summed E-state index contributed by atoms with van der Waals surface area (Å²) in [6.07, 6.45) is -5.72. The van der Waals surface area contributed by atoms with Crippen LogP contribution in [-0.2, 0) is 33.0 Å². The lowest BCUT2D eigenvalue weighted by Gasteiger charge is -2.36. The largest absolute Gasteiger partial charge is 0.476 e. The Hall–Kier alpha value is -3.53. The Balaban J connectivity index is 1.64. The van der Waals surface area contributed by atoms with Crippen LogP contribution in [0.1, 0.15) is 43.0 Å². The summed E-state index contributed by atoms with van der Waals surface area (Å²) in [5.74, 6) is -0.420. The summed E-state index contributed by atoms with van der Waals surface area (Å²) in [5, 5.41) is 2.58. The van der Waals surface area contributed by atoms with E-state index in [2.05, 4.69) is 5.32 Å². The minimum Gasteiger partial charge on any atom is -0.476 e. The first-order valence-electron chi connectivity index (χ1n) is 12.0. The fraction of sp³-hybridized carbons (Fsp3) is 0.321. The van der Waals surface area contributed by atoms with Crippen LogP contribution in [0.2, 0.25) is 0 Å². The van der Waals surface area contributed by atoms with Crippen LogP contribution in [0.25, 0.3) is 0 Å². The van der Waals surface area contributed by atoms with Gasteiger partial charge < -0.3 is 10.1 Å². The number of benzene rings is 3. The zero-order valence-electron chi connectivity index (χ0n) is 21.5. The number of hydrogen-bond donors (Lipinski definition) is 1. The molecule has 1 amide bonds. The van der Waals surface area contributed by atoms with Crippen LogP contribution in [0.3, 0.4) is 0 Å². The molecule has 38 heavy (non-hydrogen) atoms. The molecule has 0 aliphatic carbocycles. The first-order valence-corrected chi connectivity index (χ1v) is 13.4. The molecule has 0 fully saturated rings. The molecule has 6 nitrogen and oxygen atoms in total. The molecule has 3 aromatic rings. The maximum absolute atomic E-state index is 13.7. The van der Waals surface area contributed by atoms with Gasteiger partial charge in [-0.3, -0.25) is 9.10 Å². The van der Waals surface area contributed by atoms with Crippen molar-refractivity contribution < 1.29 is 31.1 Å². The minimum absolute atomic E-state index is 0.0697. The Labute approximate surface area is 220 Å². The number of alkyl halides is 3. The smallest absolute Gasteiger partial charge is 0.416 e. The number of aryl methyl sites for hydroxylation is 1. The number of anilines is 1. The summed E-state index contributed by atoms with van der Waals surface area (Å²) in [6.45, 7) is 7.37. The molecular formula is C28H29F3N2O4S. The van der Waals surface area contributed by atoms with Crippen molar-refractivity contribution in [1.82, 2.24) is 5.32 Å². The first kappa shape index (κ1) is 27.5. The van der Waals surface area contributed by atoms with E-state index in [0.717, 1.165) is 23.3 Å². The highest BCUT2D eigenvalue weighted by atomic mass is 32.2. The second kappa shape index (κ2) is 9.98. The van der Waals surface area contributed by atoms with E-state index in [9.17, 15) is 26.4 Å². The van der Waals surface area contributed by atoms with Crippen molar-refractivity contribution in [2.45, 2.75) is 56.8 Å². The highest BCUT2D eigenvalue weighted by Gasteiger charge is 2.38. The van der Waals surface area contributed by atoms with Crippen LogP contribution < -0.4 is 14.4 Å². The molecule has 1 heterocycles. The number of hydrogen-bond acceptors (Lipinski definition) is 4. The molecule has 0 saturated carbocycles. The number of carbonyl (C=O) groups is 1. The summed E-state index contributed by atoms with van der Waals surface area (Å²) < 4.78 is 73.7. The number of nitrogens with zero attached hydrogens (tertiary/aromatic N) is 1. The first-order chi connectivity index (χ1) is 17.7. The predicted octanol–water partition coefficient (Wildman–Crippen LogP) is 5.58. The van der Waals surface area contributed by atoms with Crippen LogP contribution in [0.4, 0.5) is 18.9 Å². The van der Waals surface area contributed by atoms with Gasteiger partial charge in [-0.15, -0.1) is 0 Å². The average Bonchev–Trinajstić information content (AvgIpc) is 2.85. The minimum atomic E-state index is -4.51. The van der Waals surface area contributed by atoms with Crippen molar-refractivity contribution in [2.24, 2.45) is 0 Å². The number of sulfonamides is 1. The van der Waals surface area contributed by atoms with Crippen molar-refractivity contribution in [3.63, 3.8) is 0 Å². The lowest BCUT2D eigenvalue weighted by Crippen LogP contribution is -2.50. The summed E-state index contributed by atoms with van der Waals surface area (Å²) in [7, 11) is -4.06. The van der Waals surface area contributed by atoms with Gasteiger partial charge in [0.2, 0.25) is 0 Å². The van der Waals surface area contributed by atoms with Crippen molar-refractivity contribution >= 4 is 21.6 Å². The number of halogens is 3. The molecule has 10 heteroatoms. The number of ether oxygens (including phenoxy) is 1. The van der Waals surface area contributed by atoms with Gasteiger partial charge in [-0.2, -0.15) is 13.2 Å². The lowest BCUT2D eigenvalue weighted by molar-refractivity contribution is -0.137. The zero-order valence-corrected chi connectivity index (χ0v) is 22.3. The Morgan fingerprint density at radius 2 is 1.68 bits per heavy atom. The Morgan fingerprint density at radius 1 is 1.00 bits per heavy atom.